The molecule has 7 nitrogen and oxygen atoms in total. The Morgan fingerprint density at radius 3 is 2.64 bits per heavy atom. The van der Waals surface area contributed by atoms with Crippen molar-refractivity contribution in [3.05, 3.63) is 56.8 Å². The van der Waals surface area contributed by atoms with E-state index in [2.05, 4.69) is 16.4 Å². The number of rotatable bonds is 5. The quantitative estimate of drug-likeness (QED) is 0.499. The lowest BCUT2D eigenvalue weighted by molar-refractivity contribution is -0.383. The number of aryl methyl sites for hydroxylation is 1. The normalized spacial score (nSPS) is 10.2. The second-order valence-corrected chi connectivity index (χ2v) is 6.31. The van der Waals surface area contributed by atoms with Crippen LogP contribution in [0, 0.1) is 42.2 Å². The fourth-order valence-electron chi connectivity index (χ4n) is 2.21. The minimum absolute atomic E-state index is 0.00430. The second kappa shape index (κ2) is 7.77. The molecule has 0 radical (unpaired) electrons. The number of nitro groups is 1. The number of nitrogens with one attached hydrogen (secondary N) is 1. The molecule has 0 saturated carbocycles. The van der Waals surface area contributed by atoms with Crippen LogP contribution in [0.3, 0.4) is 0 Å². The van der Waals surface area contributed by atoms with Crippen LogP contribution in [0.5, 0.6) is 0 Å². The number of amides is 1. The third-order valence-corrected chi connectivity index (χ3v) is 4.77. The van der Waals surface area contributed by atoms with Crippen molar-refractivity contribution in [3.63, 3.8) is 0 Å². The highest BCUT2D eigenvalue weighted by molar-refractivity contribution is 8.00. The number of nitrogens with zero attached hydrogens (tertiary/aromatic N) is 3. The van der Waals surface area contributed by atoms with E-state index in [0.29, 0.717) is 10.6 Å². The smallest absolute Gasteiger partial charge is 0.292 e. The molecule has 1 amide bonds. The van der Waals surface area contributed by atoms with Crippen molar-refractivity contribution in [1.29, 1.82) is 5.26 Å². The Morgan fingerprint density at radius 2 is 2.00 bits per heavy atom. The van der Waals surface area contributed by atoms with Gasteiger partial charge in [0.2, 0.25) is 5.91 Å². The SMILES string of the molecule is Cc1nc(SCC(=O)Nc2ccccc2[N+](=O)[O-])c(C#N)c(C)c1C. The van der Waals surface area contributed by atoms with E-state index in [-0.39, 0.29) is 17.1 Å². The molecule has 1 heterocycles. The largest absolute Gasteiger partial charge is 0.320 e. The molecule has 2 rings (SSSR count). The van der Waals surface area contributed by atoms with Crippen LogP contribution in [-0.4, -0.2) is 21.6 Å². The maximum Gasteiger partial charge on any atom is 0.292 e. The number of anilines is 1. The van der Waals surface area contributed by atoms with Gasteiger partial charge in [0.1, 0.15) is 16.8 Å². The molecule has 0 aliphatic heterocycles. The Hall–Kier alpha value is -2.92. The molecule has 0 aliphatic rings. The predicted molar refractivity (Wildman–Crippen MR) is 95.6 cm³/mol. The molecule has 0 aliphatic carbocycles. The number of pyridine rings is 1. The van der Waals surface area contributed by atoms with E-state index in [0.717, 1.165) is 28.6 Å². The summed E-state index contributed by atoms with van der Waals surface area (Å²) in [4.78, 5) is 26.9. The topological polar surface area (TPSA) is 109 Å². The number of aromatic nitrogens is 1. The van der Waals surface area contributed by atoms with Gasteiger partial charge in [-0.15, -0.1) is 0 Å². The molecular formula is C17H16N4O3S. The molecule has 0 spiro atoms. The van der Waals surface area contributed by atoms with Crippen LogP contribution in [0.1, 0.15) is 22.4 Å². The number of carbonyl (C=O) groups is 1. The zero-order chi connectivity index (χ0) is 18.6. The van der Waals surface area contributed by atoms with E-state index in [1.807, 2.05) is 20.8 Å². The predicted octanol–water partition coefficient (Wildman–Crippen LogP) is 3.52. The van der Waals surface area contributed by atoms with Crippen molar-refractivity contribution < 1.29 is 9.72 Å². The molecule has 0 fully saturated rings. The summed E-state index contributed by atoms with van der Waals surface area (Å²) in [6.45, 7) is 5.59. The summed E-state index contributed by atoms with van der Waals surface area (Å²) in [6.07, 6.45) is 0. The van der Waals surface area contributed by atoms with E-state index in [9.17, 15) is 20.2 Å². The molecule has 0 atom stereocenters. The summed E-state index contributed by atoms with van der Waals surface area (Å²) >= 11 is 1.13. The Kier molecular flexibility index (Phi) is 5.72. The van der Waals surface area contributed by atoms with Crippen molar-refractivity contribution in [2.24, 2.45) is 0 Å². The standard InChI is InChI=1S/C17H16N4O3S/c1-10-11(2)13(8-18)17(19-12(10)3)25-9-16(22)20-14-6-4-5-7-15(14)21(23)24/h4-7H,9H2,1-3H3,(H,20,22). The van der Waals surface area contributed by atoms with Crippen LogP contribution < -0.4 is 5.32 Å². The molecule has 0 bridgehead atoms. The van der Waals surface area contributed by atoms with Crippen molar-refractivity contribution in [2.45, 2.75) is 25.8 Å². The number of nitriles is 1. The Balaban J connectivity index is 2.14. The Morgan fingerprint density at radius 1 is 1.32 bits per heavy atom. The van der Waals surface area contributed by atoms with E-state index in [4.69, 9.17) is 0 Å². The van der Waals surface area contributed by atoms with Gasteiger partial charge in [0.05, 0.1) is 16.2 Å². The van der Waals surface area contributed by atoms with Gasteiger partial charge in [-0.25, -0.2) is 4.98 Å². The summed E-state index contributed by atoms with van der Waals surface area (Å²) in [5.41, 5.74) is 3.02. The first-order valence-electron chi connectivity index (χ1n) is 7.39. The number of hydrogen-bond donors (Lipinski definition) is 1. The van der Waals surface area contributed by atoms with Crippen molar-refractivity contribution >= 4 is 29.0 Å². The average molecular weight is 356 g/mol. The summed E-state index contributed by atoms with van der Waals surface area (Å²) in [5.74, 6) is -0.406. The number of thioether (sulfide) groups is 1. The zero-order valence-electron chi connectivity index (χ0n) is 14.0. The molecule has 0 unspecified atom stereocenters. The summed E-state index contributed by atoms with van der Waals surface area (Å²) in [6, 6.07) is 8.06. The number of benzene rings is 1. The highest BCUT2D eigenvalue weighted by Crippen LogP contribution is 2.27. The molecule has 1 aromatic heterocycles. The van der Waals surface area contributed by atoms with Gasteiger partial charge in [-0.05, 0) is 38.0 Å². The van der Waals surface area contributed by atoms with Gasteiger partial charge >= 0.3 is 0 Å². The number of hydrogen-bond acceptors (Lipinski definition) is 6. The maximum absolute atomic E-state index is 12.1. The third-order valence-electron chi connectivity index (χ3n) is 3.79. The van der Waals surface area contributed by atoms with Crippen molar-refractivity contribution in [1.82, 2.24) is 4.98 Å². The van der Waals surface area contributed by atoms with E-state index in [1.54, 1.807) is 6.07 Å². The van der Waals surface area contributed by atoms with Crippen LogP contribution in [0.15, 0.2) is 29.3 Å². The highest BCUT2D eigenvalue weighted by atomic mass is 32.2. The summed E-state index contributed by atoms with van der Waals surface area (Å²) in [5, 5.41) is 23.3. The summed E-state index contributed by atoms with van der Waals surface area (Å²) in [7, 11) is 0. The van der Waals surface area contributed by atoms with Gasteiger partial charge in [0, 0.05) is 11.8 Å². The van der Waals surface area contributed by atoms with Crippen LogP contribution in [-0.2, 0) is 4.79 Å². The molecule has 25 heavy (non-hydrogen) atoms. The third kappa shape index (κ3) is 4.14. The number of para-hydroxylation sites is 2. The molecule has 8 heteroatoms. The summed E-state index contributed by atoms with van der Waals surface area (Å²) < 4.78 is 0. The first-order valence-corrected chi connectivity index (χ1v) is 8.37. The lowest BCUT2D eigenvalue weighted by atomic mass is 10.1. The molecule has 2 aromatic rings. The molecule has 1 N–H and O–H groups in total. The van der Waals surface area contributed by atoms with Gasteiger partial charge in [0.25, 0.3) is 5.69 Å². The van der Waals surface area contributed by atoms with Gasteiger partial charge < -0.3 is 5.32 Å². The van der Waals surface area contributed by atoms with Crippen LogP contribution in [0.25, 0.3) is 0 Å². The van der Waals surface area contributed by atoms with Crippen molar-refractivity contribution in [3.8, 4) is 6.07 Å². The second-order valence-electron chi connectivity index (χ2n) is 5.35. The lowest BCUT2D eigenvalue weighted by Crippen LogP contribution is -2.15. The molecular weight excluding hydrogens is 340 g/mol. The average Bonchev–Trinajstić information content (AvgIpc) is 2.58. The number of nitro benzene ring substituents is 1. The first kappa shape index (κ1) is 18.4. The van der Waals surface area contributed by atoms with Crippen molar-refractivity contribution in [2.75, 3.05) is 11.1 Å². The van der Waals surface area contributed by atoms with Gasteiger partial charge in [-0.2, -0.15) is 5.26 Å². The monoisotopic (exact) mass is 356 g/mol. The minimum Gasteiger partial charge on any atom is -0.320 e. The number of carbonyl (C=O) groups excluding carboxylic acids is 1. The zero-order valence-corrected chi connectivity index (χ0v) is 14.8. The minimum atomic E-state index is -0.551. The lowest BCUT2D eigenvalue weighted by Gasteiger charge is -2.11. The first-order chi connectivity index (χ1) is 11.8. The van der Waals surface area contributed by atoms with Crippen LogP contribution >= 0.6 is 11.8 Å². The van der Waals surface area contributed by atoms with E-state index < -0.39 is 10.8 Å². The van der Waals surface area contributed by atoms with Crippen LogP contribution in [0.2, 0.25) is 0 Å². The highest BCUT2D eigenvalue weighted by Gasteiger charge is 2.17. The Bertz CT molecular complexity index is 890. The molecule has 128 valence electrons. The van der Waals surface area contributed by atoms with E-state index >= 15 is 0 Å². The van der Waals surface area contributed by atoms with Gasteiger partial charge in [-0.1, -0.05) is 23.9 Å². The fraction of sp³-hybridized carbons (Fsp3) is 0.235. The van der Waals surface area contributed by atoms with Gasteiger partial charge in [-0.3, -0.25) is 14.9 Å². The molecule has 0 saturated heterocycles. The van der Waals surface area contributed by atoms with Crippen LogP contribution in [0.4, 0.5) is 11.4 Å². The van der Waals surface area contributed by atoms with Gasteiger partial charge in [0.15, 0.2) is 0 Å². The molecule has 1 aromatic carbocycles. The maximum atomic E-state index is 12.1. The fourth-order valence-corrected chi connectivity index (χ4v) is 3.09. The van der Waals surface area contributed by atoms with E-state index in [1.165, 1.54) is 18.2 Å². The Labute approximate surface area is 149 Å².